The number of hydrogen-bond acceptors (Lipinski definition) is 1. The Bertz CT molecular complexity index is 86.7. The molecule has 0 atom stereocenters. The third-order valence-corrected chi connectivity index (χ3v) is 1.43. The highest BCUT2D eigenvalue weighted by atomic mass is 16.1. The van der Waals surface area contributed by atoms with Crippen molar-refractivity contribution in [1.29, 1.82) is 0 Å². The molecule has 0 amide bonds. The molecular formula is C9H17O. The van der Waals surface area contributed by atoms with Gasteiger partial charge in [-0.1, -0.05) is 26.7 Å². The maximum absolute atomic E-state index is 10.9. The van der Waals surface area contributed by atoms with Crippen LogP contribution in [0.1, 0.15) is 46.0 Å². The topological polar surface area (TPSA) is 17.1 Å². The number of rotatable bonds is 6. The lowest BCUT2D eigenvalue weighted by molar-refractivity contribution is -0.116. The molecule has 0 bridgehead atoms. The lowest BCUT2D eigenvalue weighted by Gasteiger charge is -1.95. The third-order valence-electron chi connectivity index (χ3n) is 1.43. The summed E-state index contributed by atoms with van der Waals surface area (Å²) >= 11 is 0. The monoisotopic (exact) mass is 141 g/mol. The van der Waals surface area contributed by atoms with E-state index < -0.39 is 0 Å². The quantitative estimate of drug-likeness (QED) is 0.520. The van der Waals surface area contributed by atoms with Gasteiger partial charge in [-0.2, -0.15) is 0 Å². The average molecular weight is 141 g/mol. The maximum Gasteiger partial charge on any atom is 0.136 e. The van der Waals surface area contributed by atoms with E-state index >= 15 is 0 Å². The van der Waals surface area contributed by atoms with Gasteiger partial charge in [-0.15, -0.1) is 0 Å². The largest absolute Gasteiger partial charge is 0.299 e. The van der Waals surface area contributed by atoms with Gasteiger partial charge in [0.1, 0.15) is 5.78 Å². The molecule has 0 saturated carbocycles. The van der Waals surface area contributed by atoms with Crippen LogP contribution in [0.5, 0.6) is 0 Å². The number of Topliss-reactive ketones (excluding diaryl/α,β-unsaturated/α-hetero) is 1. The Balaban J connectivity index is 3.05. The Morgan fingerprint density at radius 1 is 1.30 bits per heavy atom. The molecule has 0 aliphatic heterocycles. The summed E-state index contributed by atoms with van der Waals surface area (Å²) < 4.78 is 0. The fourth-order valence-electron chi connectivity index (χ4n) is 0.816. The van der Waals surface area contributed by atoms with Crippen molar-refractivity contribution >= 4 is 5.78 Å². The zero-order valence-corrected chi connectivity index (χ0v) is 7.02. The van der Waals surface area contributed by atoms with Crippen LogP contribution < -0.4 is 0 Å². The fraction of sp³-hybridized carbons (Fsp3) is 0.778. The number of carbonyl (C=O) groups excluding carboxylic acids is 1. The molecule has 0 N–H and O–H groups in total. The molecule has 0 spiro atoms. The first kappa shape index (κ1) is 9.67. The summed E-state index contributed by atoms with van der Waals surface area (Å²) in [5.41, 5.74) is 0. The van der Waals surface area contributed by atoms with E-state index in [0.29, 0.717) is 5.78 Å². The molecule has 10 heavy (non-hydrogen) atoms. The first-order valence-corrected chi connectivity index (χ1v) is 4.17. The normalized spacial score (nSPS) is 9.80. The zero-order valence-electron chi connectivity index (χ0n) is 7.02. The average Bonchev–Trinajstić information content (AvgIpc) is 1.89. The van der Waals surface area contributed by atoms with E-state index in [4.69, 9.17) is 0 Å². The Hall–Kier alpha value is -0.330. The summed E-state index contributed by atoms with van der Waals surface area (Å²) in [6, 6.07) is 0. The number of unbranched alkanes of at least 4 members (excludes halogenated alkanes) is 2. The van der Waals surface area contributed by atoms with Crippen molar-refractivity contribution in [3.8, 4) is 0 Å². The third kappa shape index (κ3) is 5.80. The van der Waals surface area contributed by atoms with Crippen LogP contribution >= 0.6 is 0 Å². The van der Waals surface area contributed by atoms with Gasteiger partial charge in [0.15, 0.2) is 0 Å². The van der Waals surface area contributed by atoms with Gasteiger partial charge in [0.2, 0.25) is 0 Å². The van der Waals surface area contributed by atoms with E-state index in [1.54, 1.807) is 0 Å². The number of ketones is 1. The minimum atomic E-state index is 0.316. The molecule has 0 heterocycles. The van der Waals surface area contributed by atoms with Crippen LogP contribution in [-0.4, -0.2) is 5.78 Å². The van der Waals surface area contributed by atoms with Gasteiger partial charge < -0.3 is 0 Å². The minimum Gasteiger partial charge on any atom is -0.299 e. The molecule has 0 unspecified atom stereocenters. The van der Waals surface area contributed by atoms with Gasteiger partial charge in [-0.25, -0.2) is 0 Å². The molecular weight excluding hydrogens is 124 g/mol. The second-order valence-electron chi connectivity index (χ2n) is 2.56. The highest BCUT2D eigenvalue weighted by Gasteiger charge is 1.98. The molecule has 59 valence electrons. The van der Waals surface area contributed by atoms with Gasteiger partial charge in [0.05, 0.1) is 0 Å². The molecule has 0 aliphatic rings. The first-order chi connectivity index (χ1) is 4.81. The van der Waals surface area contributed by atoms with Crippen molar-refractivity contribution < 1.29 is 4.79 Å². The van der Waals surface area contributed by atoms with Crippen molar-refractivity contribution in [3.63, 3.8) is 0 Å². The summed E-state index contributed by atoms with van der Waals surface area (Å²) in [6.45, 7) is 4.17. The van der Waals surface area contributed by atoms with Crippen LogP contribution in [0.2, 0.25) is 0 Å². The predicted octanol–water partition coefficient (Wildman–Crippen LogP) is 2.75. The van der Waals surface area contributed by atoms with Crippen molar-refractivity contribution in [2.45, 2.75) is 46.0 Å². The number of hydrogen-bond donors (Lipinski definition) is 0. The van der Waals surface area contributed by atoms with Gasteiger partial charge in [0, 0.05) is 12.8 Å². The van der Waals surface area contributed by atoms with Crippen LogP contribution in [0.15, 0.2) is 0 Å². The molecule has 0 saturated heterocycles. The molecule has 1 radical (unpaired) electrons. The van der Waals surface area contributed by atoms with Crippen LogP contribution in [0.25, 0.3) is 0 Å². The molecule has 0 aromatic heterocycles. The van der Waals surface area contributed by atoms with Crippen LogP contribution in [0.3, 0.4) is 0 Å². The van der Waals surface area contributed by atoms with Gasteiger partial charge in [-0.3, -0.25) is 4.79 Å². The van der Waals surface area contributed by atoms with E-state index in [1.165, 1.54) is 6.42 Å². The summed E-state index contributed by atoms with van der Waals surface area (Å²) in [6.07, 6.45) is 6.82. The summed E-state index contributed by atoms with van der Waals surface area (Å²) in [4.78, 5) is 10.9. The number of carbonyl (C=O) groups is 1. The van der Waals surface area contributed by atoms with E-state index in [0.717, 1.165) is 25.7 Å². The molecule has 1 heteroatoms. The van der Waals surface area contributed by atoms with Crippen molar-refractivity contribution in [1.82, 2.24) is 0 Å². The van der Waals surface area contributed by atoms with Crippen molar-refractivity contribution in [2.75, 3.05) is 0 Å². The molecule has 1 nitrogen and oxygen atoms in total. The van der Waals surface area contributed by atoms with Crippen molar-refractivity contribution in [2.24, 2.45) is 0 Å². The van der Waals surface area contributed by atoms with Gasteiger partial charge in [0.25, 0.3) is 0 Å². The molecule has 0 fully saturated rings. The summed E-state index contributed by atoms with van der Waals surface area (Å²) in [7, 11) is 0. The molecule has 0 aromatic rings. The van der Waals surface area contributed by atoms with Gasteiger partial charge in [-0.05, 0) is 12.8 Å². The summed E-state index contributed by atoms with van der Waals surface area (Å²) in [5, 5.41) is 0. The van der Waals surface area contributed by atoms with Crippen LogP contribution in [0, 0.1) is 6.42 Å². The highest BCUT2D eigenvalue weighted by Crippen LogP contribution is 2.01. The Morgan fingerprint density at radius 3 is 2.50 bits per heavy atom. The minimum absolute atomic E-state index is 0.316. The second-order valence-corrected chi connectivity index (χ2v) is 2.56. The van der Waals surface area contributed by atoms with E-state index in [-0.39, 0.29) is 0 Å². The molecule has 0 aliphatic carbocycles. The predicted molar refractivity (Wildman–Crippen MR) is 43.7 cm³/mol. The van der Waals surface area contributed by atoms with E-state index in [1.807, 2.05) is 13.3 Å². The molecule has 0 aromatic carbocycles. The standard InChI is InChI=1S/C9H17O/c1-3-5-6-8-9(10)7-4-2/h8H,3-7H2,1-2H3. The Morgan fingerprint density at radius 2 is 2.00 bits per heavy atom. The first-order valence-electron chi connectivity index (χ1n) is 4.17. The lowest BCUT2D eigenvalue weighted by Crippen LogP contribution is -1.96. The van der Waals surface area contributed by atoms with Crippen LogP contribution in [0.4, 0.5) is 0 Å². The second kappa shape index (κ2) is 6.79. The Kier molecular flexibility index (Phi) is 6.56. The highest BCUT2D eigenvalue weighted by molar-refractivity contribution is 5.86. The summed E-state index contributed by atoms with van der Waals surface area (Å²) in [5.74, 6) is 0.316. The smallest absolute Gasteiger partial charge is 0.136 e. The lowest BCUT2D eigenvalue weighted by atomic mass is 10.1. The molecule has 0 rings (SSSR count). The van der Waals surface area contributed by atoms with E-state index in [9.17, 15) is 4.79 Å². The fourth-order valence-corrected chi connectivity index (χ4v) is 0.816. The van der Waals surface area contributed by atoms with E-state index in [2.05, 4.69) is 6.92 Å². The maximum atomic E-state index is 10.9. The van der Waals surface area contributed by atoms with Gasteiger partial charge >= 0.3 is 0 Å². The zero-order chi connectivity index (χ0) is 7.82. The van der Waals surface area contributed by atoms with Crippen LogP contribution in [-0.2, 0) is 4.79 Å². The van der Waals surface area contributed by atoms with Crippen molar-refractivity contribution in [3.05, 3.63) is 6.42 Å². The Labute approximate surface area is 63.8 Å². The SMILES string of the molecule is CCCC[CH]C(=O)CCC.